The lowest BCUT2D eigenvalue weighted by molar-refractivity contribution is -0.120. The van der Waals surface area contributed by atoms with Crippen LogP contribution >= 0.6 is 11.6 Å². The maximum absolute atomic E-state index is 12.5. The zero-order valence-corrected chi connectivity index (χ0v) is 15.9. The van der Waals surface area contributed by atoms with Gasteiger partial charge in [0.2, 0.25) is 15.9 Å². The summed E-state index contributed by atoms with van der Waals surface area (Å²) in [6.45, 7) is -0.288. The molecule has 2 aliphatic carbocycles. The molecule has 2 fully saturated rings. The van der Waals surface area contributed by atoms with Crippen LogP contribution in [0, 0.1) is 11.8 Å². The number of methoxy groups -OCH3 is 1. The van der Waals surface area contributed by atoms with E-state index in [1.165, 1.54) is 26.0 Å². The van der Waals surface area contributed by atoms with Gasteiger partial charge in [0.15, 0.2) is 0 Å². The highest BCUT2D eigenvalue weighted by atomic mass is 35.5. The highest BCUT2D eigenvalue weighted by Crippen LogP contribution is 2.44. The monoisotopic (exact) mass is 386 g/mol. The van der Waals surface area contributed by atoms with Crippen molar-refractivity contribution >= 4 is 33.2 Å². The van der Waals surface area contributed by atoms with Crippen molar-refractivity contribution in [3.05, 3.63) is 23.2 Å². The average Bonchev–Trinajstić information content (AvgIpc) is 3.14. The van der Waals surface area contributed by atoms with Gasteiger partial charge in [0, 0.05) is 11.1 Å². The molecule has 0 aromatic heterocycles. The number of hydrogen-bond donors (Lipinski definition) is 1. The Kier molecular flexibility index (Phi) is 5.16. The van der Waals surface area contributed by atoms with Crippen molar-refractivity contribution in [3.8, 4) is 5.75 Å². The van der Waals surface area contributed by atoms with Gasteiger partial charge in [-0.3, -0.25) is 9.10 Å². The van der Waals surface area contributed by atoms with Crippen molar-refractivity contribution in [1.29, 1.82) is 0 Å². The summed E-state index contributed by atoms with van der Waals surface area (Å²) in [5, 5.41) is 3.39. The Balaban J connectivity index is 1.78. The molecule has 2 saturated carbocycles. The number of ether oxygens (including phenoxy) is 1. The van der Waals surface area contributed by atoms with Gasteiger partial charge in [0.05, 0.1) is 19.1 Å². The first kappa shape index (κ1) is 18.3. The van der Waals surface area contributed by atoms with Crippen molar-refractivity contribution in [2.24, 2.45) is 11.8 Å². The van der Waals surface area contributed by atoms with Crippen LogP contribution in [0.4, 0.5) is 5.69 Å². The maximum Gasteiger partial charge on any atom is 0.241 e. The molecule has 3 rings (SSSR count). The number of carbonyl (C=O) groups excluding carboxylic acids is 1. The first-order valence-electron chi connectivity index (χ1n) is 8.38. The van der Waals surface area contributed by atoms with Gasteiger partial charge in [-0.2, -0.15) is 0 Å². The summed E-state index contributed by atoms with van der Waals surface area (Å²) >= 11 is 6.01. The molecule has 3 atom stereocenters. The number of hydrogen-bond acceptors (Lipinski definition) is 4. The summed E-state index contributed by atoms with van der Waals surface area (Å²) in [6.07, 6.45) is 5.62. The third-order valence-corrected chi connectivity index (χ3v) is 6.54. The second-order valence-electron chi connectivity index (χ2n) is 6.93. The average molecular weight is 387 g/mol. The van der Waals surface area contributed by atoms with Crippen LogP contribution in [-0.2, 0) is 14.8 Å². The fourth-order valence-corrected chi connectivity index (χ4v) is 5.06. The van der Waals surface area contributed by atoms with Gasteiger partial charge in [-0.1, -0.05) is 18.0 Å². The summed E-state index contributed by atoms with van der Waals surface area (Å²) in [7, 11) is -2.23. The minimum atomic E-state index is -3.67. The molecular weight excluding hydrogens is 364 g/mol. The number of carbonyl (C=O) groups is 1. The van der Waals surface area contributed by atoms with Crippen LogP contribution in [0.5, 0.6) is 5.75 Å². The smallest absolute Gasteiger partial charge is 0.241 e. The van der Waals surface area contributed by atoms with E-state index < -0.39 is 10.0 Å². The number of nitrogens with one attached hydrogen (secondary N) is 1. The van der Waals surface area contributed by atoms with Crippen molar-refractivity contribution in [1.82, 2.24) is 5.32 Å². The molecule has 1 aromatic carbocycles. The van der Waals surface area contributed by atoms with E-state index in [0.717, 1.165) is 23.4 Å². The topological polar surface area (TPSA) is 75.7 Å². The number of halogens is 1. The fourth-order valence-electron chi connectivity index (χ4n) is 4.04. The van der Waals surface area contributed by atoms with Crippen LogP contribution in [0.3, 0.4) is 0 Å². The van der Waals surface area contributed by atoms with E-state index in [1.807, 2.05) is 0 Å². The standard InChI is InChI=1S/C17H23ClN2O4S/c1-24-16-6-5-13(18)9-15(16)20(25(2,22)23)10-17(21)19-14-8-11-3-4-12(14)7-11/h5-6,9,11-12,14H,3-4,7-8,10H2,1-2H3,(H,19,21)/t11-,12-,14-/m0/s1. The summed E-state index contributed by atoms with van der Waals surface area (Å²) in [5.74, 6) is 1.28. The number of amides is 1. The third kappa shape index (κ3) is 4.03. The first-order chi connectivity index (χ1) is 11.8. The number of anilines is 1. The van der Waals surface area contributed by atoms with Crippen LogP contribution < -0.4 is 14.4 Å². The summed E-state index contributed by atoms with van der Waals surface area (Å²) in [6, 6.07) is 4.85. The van der Waals surface area contributed by atoms with E-state index in [-0.39, 0.29) is 24.2 Å². The van der Waals surface area contributed by atoms with Crippen molar-refractivity contribution < 1.29 is 17.9 Å². The molecule has 0 spiro atoms. The quantitative estimate of drug-likeness (QED) is 0.814. The van der Waals surface area contributed by atoms with Gasteiger partial charge in [-0.25, -0.2) is 8.42 Å². The molecule has 0 heterocycles. The molecular formula is C17H23ClN2O4S. The molecule has 6 nitrogen and oxygen atoms in total. The van der Waals surface area contributed by atoms with Gasteiger partial charge in [0.1, 0.15) is 12.3 Å². The zero-order chi connectivity index (χ0) is 18.2. The zero-order valence-electron chi connectivity index (χ0n) is 14.4. The Morgan fingerprint density at radius 1 is 1.36 bits per heavy atom. The largest absolute Gasteiger partial charge is 0.495 e. The van der Waals surface area contributed by atoms with Gasteiger partial charge in [-0.05, 0) is 49.3 Å². The summed E-state index contributed by atoms with van der Waals surface area (Å²) < 4.78 is 30.8. The normalized spacial score (nSPS) is 25.0. The van der Waals surface area contributed by atoms with E-state index in [4.69, 9.17) is 16.3 Å². The molecule has 8 heteroatoms. The Morgan fingerprint density at radius 3 is 2.68 bits per heavy atom. The minimum Gasteiger partial charge on any atom is -0.495 e. The SMILES string of the molecule is COc1ccc(Cl)cc1N(CC(=O)N[C@H]1C[C@H]2CC[C@H]1C2)S(C)(=O)=O. The molecule has 0 unspecified atom stereocenters. The van der Waals surface area contributed by atoms with Gasteiger partial charge >= 0.3 is 0 Å². The molecule has 1 N–H and O–H groups in total. The van der Waals surface area contributed by atoms with Gasteiger partial charge < -0.3 is 10.1 Å². The second kappa shape index (κ2) is 7.03. The maximum atomic E-state index is 12.5. The minimum absolute atomic E-state index is 0.161. The molecule has 1 aromatic rings. The number of nitrogens with zero attached hydrogens (tertiary/aromatic N) is 1. The summed E-state index contributed by atoms with van der Waals surface area (Å²) in [4.78, 5) is 12.5. The van der Waals surface area contributed by atoms with E-state index >= 15 is 0 Å². The predicted octanol–water partition coefficient (Wildman–Crippen LogP) is 2.42. The molecule has 0 radical (unpaired) electrons. The Morgan fingerprint density at radius 2 is 2.12 bits per heavy atom. The molecule has 138 valence electrons. The number of benzene rings is 1. The first-order valence-corrected chi connectivity index (χ1v) is 10.6. The Labute approximate surface area is 153 Å². The molecule has 2 bridgehead atoms. The van der Waals surface area contributed by atoms with Crippen LogP contribution in [0.1, 0.15) is 25.7 Å². The van der Waals surface area contributed by atoms with Crippen LogP contribution in [0.2, 0.25) is 5.02 Å². The Hall–Kier alpha value is -1.47. The lowest BCUT2D eigenvalue weighted by Crippen LogP contribution is -2.45. The molecule has 2 aliphatic rings. The fraction of sp³-hybridized carbons (Fsp3) is 0.588. The number of rotatable bonds is 6. The highest BCUT2D eigenvalue weighted by molar-refractivity contribution is 7.92. The molecule has 1 amide bonds. The van der Waals surface area contributed by atoms with E-state index in [0.29, 0.717) is 22.6 Å². The molecule has 0 aliphatic heterocycles. The van der Waals surface area contributed by atoms with Crippen LogP contribution in [0.25, 0.3) is 0 Å². The molecule has 25 heavy (non-hydrogen) atoms. The highest BCUT2D eigenvalue weighted by Gasteiger charge is 2.40. The van der Waals surface area contributed by atoms with Crippen molar-refractivity contribution in [2.45, 2.75) is 31.7 Å². The number of sulfonamides is 1. The molecule has 0 saturated heterocycles. The van der Waals surface area contributed by atoms with E-state index in [1.54, 1.807) is 12.1 Å². The van der Waals surface area contributed by atoms with Gasteiger partial charge in [-0.15, -0.1) is 0 Å². The number of fused-ring (bicyclic) bond motifs is 2. The predicted molar refractivity (Wildman–Crippen MR) is 97.6 cm³/mol. The van der Waals surface area contributed by atoms with E-state index in [2.05, 4.69) is 5.32 Å². The van der Waals surface area contributed by atoms with Crippen LogP contribution in [0.15, 0.2) is 18.2 Å². The second-order valence-corrected chi connectivity index (χ2v) is 9.28. The lowest BCUT2D eigenvalue weighted by Gasteiger charge is -2.27. The van der Waals surface area contributed by atoms with Crippen molar-refractivity contribution in [2.75, 3.05) is 24.2 Å². The van der Waals surface area contributed by atoms with Crippen LogP contribution in [-0.4, -0.2) is 40.3 Å². The van der Waals surface area contributed by atoms with Crippen molar-refractivity contribution in [3.63, 3.8) is 0 Å². The lowest BCUT2D eigenvalue weighted by atomic mass is 9.95. The van der Waals surface area contributed by atoms with E-state index in [9.17, 15) is 13.2 Å². The summed E-state index contributed by atoms with van der Waals surface area (Å²) in [5.41, 5.74) is 0.264. The van der Waals surface area contributed by atoms with Gasteiger partial charge in [0.25, 0.3) is 0 Å². The third-order valence-electron chi connectivity index (χ3n) is 5.18. The Bertz CT molecular complexity index is 768.